The van der Waals surface area contributed by atoms with Gasteiger partial charge in [0.15, 0.2) is 0 Å². The molecule has 11 rings (SSSR count). The summed E-state index contributed by atoms with van der Waals surface area (Å²) in [6, 6.07) is 81.3. The van der Waals surface area contributed by atoms with Gasteiger partial charge in [-0.1, -0.05) is 176 Å². The van der Waals surface area contributed by atoms with Crippen molar-refractivity contribution in [1.29, 1.82) is 0 Å². The van der Waals surface area contributed by atoms with Crippen molar-refractivity contribution in [3.63, 3.8) is 0 Å². The van der Waals surface area contributed by atoms with Crippen molar-refractivity contribution in [3.05, 3.63) is 247 Å². The summed E-state index contributed by atoms with van der Waals surface area (Å²) in [5.41, 5.74) is 16.7. The maximum Gasteiger partial charge on any atom is 0.137 e. The highest BCUT2D eigenvalue weighted by atomic mass is 16.3. The van der Waals surface area contributed by atoms with Crippen molar-refractivity contribution in [1.82, 2.24) is 0 Å². The number of nitrogens with zero attached hydrogens (tertiary/aromatic N) is 1. The molecule has 0 aliphatic heterocycles. The molecule has 0 saturated heterocycles. The molecule has 0 spiro atoms. The Morgan fingerprint density at radius 1 is 0.333 bits per heavy atom. The zero-order valence-electron chi connectivity index (χ0n) is 31.2. The molecule has 1 aliphatic carbocycles. The highest BCUT2D eigenvalue weighted by Crippen LogP contribution is 2.59. The third-order valence-corrected chi connectivity index (χ3v) is 11.8. The maximum absolute atomic E-state index is 6.49. The lowest BCUT2D eigenvalue weighted by Crippen LogP contribution is -2.28. The minimum absolute atomic E-state index is 0.570. The predicted octanol–water partition coefficient (Wildman–Crippen LogP) is 14.8. The Kier molecular flexibility index (Phi) is 7.75. The van der Waals surface area contributed by atoms with Gasteiger partial charge in [0, 0.05) is 33.9 Å². The van der Waals surface area contributed by atoms with Crippen LogP contribution in [0.1, 0.15) is 22.3 Å². The van der Waals surface area contributed by atoms with E-state index in [9.17, 15) is 0 Å². The molecule has 1 aromatic heterocycles. The number of benzene rings is 9. The van der Waals surface area contributed by atoms with E-state index in [0.717, 1.165) is 39.0 Å². The fraction of sp³-hybridized carbons (Fsp3) is 0.0182. The van der Waals surface area contributed by atoms with Crippen LogP contribution >= 0.6 is 0 Å². The Hall–Kier alpha value is -7.42. The van der Waals surface area contributed by atoms with Gasteiger partial charge in [0.2, 0.25) is 0 Å². The number of hydrogen-bond acceptors (Lipinski definition) is 2. The average Bonchev–Trinajstić information content (AvgIpc) is 3.81. The average molecular weight is 728 g/mol. The smallest absolute Gasteiger partial charge is 0.137 e. The summed E-state index contributed by atoms with van der Waals surface area (Å²) in [5.74, 6) is 0. The molecule has 0 N–H and O–H groups in total. The van der Waals surface area contributed by atoms with E-state index in [1.165, 1.54) is 55.6 Å². The van der Waals surface area contributed by atoms with Crippen molar-refractivity contribution < 1.29 is 4.42 Å². The maximum atomic E-state index is 6.49. The summed E-state index contributed by atoms with van der Waals surface area (Å²) in [7, 11) is 0. The van der Waals surface area contributed by atoms with Crippen LogP contribution in [0.25, 0.3) is 55.3 Å². The molecule has 2 nitrogen and oxygen atoms in total. The van der Waals surface area contributed by atoms with Crippen molar-refractivity contribution in [2.24, 2.45) is 0 Å². The molecule has 0 fully saturated rings. The second kappa shape index (κ2) is 13.4. The van der Waals surface area contributed by atoms with E-state index in [4.69, 9.17) is 4.42 Å². The molecule has 0 atom stereocenters. The van der Waals surface area contributed by atoms with Gasteiger partial charge in [0.05, 0.1) is 5.41 Å². The molecule has 268 valence electrons. The fourth-order valence-electron chi connectivity index (χ4n) is 9.26. The molecular weight excluding hydrogens is 691 g/mol. The first kappa shape index (κ1) is 33.0. The molecule has 0 unspecified atom stereocenters. The van der Waals surface area contributed by atoms with Crippen LogP contribution < -0.4 is 4.90 Å². The minimum atomic E-state index is -0.570. The summed E-state index contributed by atoms with van der Waals surface area (Å²) < 4.78 is 6.49. The second-order valence-corrected chi connectivity index (χ2v) is 14.8. The topological polar surface area (TPSA) is 16.4 Å². The fourth-order valence-corrected chi connectivity index (χ4v) is 9.26. The van der Waals surface area contributed by atoms with Crippen LogP contribution in [0.2, 0.25) is 0 Å². The van der Waals surface area contributed by atoms with Gasteiger partial charge in [0.25, 0.3) is 0 Å². The van der Waals surface area contributed by atoms with E-state index >= 15 is 0 Å². The van der Waals surface area contributed by atoms with Crippen LogP contribution in [0.3, 0.4) is 0 Å². The Morgan fingerprint density at radius 3 is 1.58 bits per heavy atom. The van der Waals surface area contributed by atoms with E-state index in [1.807, 2.05) is 12.1 Å². The van der Waals surface area contributed by atoms with Gasteiger partial charge in [-0.3, -0.25) is 0 Å². The number of rotatable bonds is 7. The van der Waals surface area contributed by atoms with Gasteiger partial charge in [-0.15, -0.1) is 0 Å². The first-order valence-corrected chi connectivity index (χ1v) is 19.6. The van der Waals surface area contributed by atoms with E-state index in [-0.39, 0.29) is 0 Å². The van der Waals surface area contributed by atoms with E-state index in [2.05, 4.69) is 217 Å². The van der Waals surface area contributed by atoms with Gasteiger partial charge in [-0.25, -0.2) is 0 Å². The van der Waals surface area contributed by atoms with Gasteiger partial charge < -0.3 is 9.32 Å². The van der Waals surface area contributed by atoms with Gasteiger partial charge >= 0.3 is 0 Å². The zero-order chi connectivity index (χ0) is 37.8. The van der Waals surface area contributed by atoms with Crippen LogP contribution in [0.4, 0.5) is 17.1 Å². The van der Waals surface area contributed by atoms with Crippen molar-refractivity contribution in [2.45, 2.75) is 5.41 Å². The van der Waals surface area contributed by atoms with Crippen LogP contribution in [0, 0.1) is 0 Å². The van der Waals surface area contributed by atoms with Crippen molar-refractivity contribution in [3.8, 4) is 33.4 Å². The summed E-state index contributed by atoms with van der Waals surface area (Å²) in [5, 5.41) is 2.23. The van der Waals surface area contributed by atoms with Crippen LogP contribution in [-0.4, -0.2) is 0 Å². The number of furan rings is 1. The lowest BCUT2D eigenvalue weighted by atomic mass is 9.67. The lowest BCUT2D eigenvalue weighted by molar-refractivity contribution is 0.669. The molecule has 1 aliphatic rings. The van der Waals surface area contributed by atoms with Gasteiger partial charge in [0.1, 0.15) is 11.2 Å². The second-order valence-electron chi connectivity index (χ2n) is 14.8. The Morgan fingerprint density at radius 2 is 0.877 bits per heavy atom. The number of hydrogen-bond donors (Lipinski definition) is 0. The zero-order valence-corrected chi connectivity index (χ0v) is 31.2. The minimum Gasteiger partial charge on any atom is -0.456 e. The molecule has 0 radical (unpaired) electrons. The molecule has 10 aromatic rings. The van der Waals surface area contributed by atoms with Gasteiger partial charge in [-0.2, -0.15) is 0 Å². The molecule has 0 amide bonds. The number of fused-ring (bicyclic) bond motifs is 6. The summed E-state index contributed by atoms with van der Waals surface area (Å²) in [6.07, 6.45) is 0. The number of para-hydroxylation sites is 1. The highest BCUT2D eigenvalue weighted by Gasteiger charge is 2.47. The van der Waals surface area contributed by atoms with Crippen LogP contribution in [-0.2, 0) is 5.41 Å². The molecule has 0 saturated carbocycles. The Balaban J connectivity index is 1.18. The lowest BCUT2D eigenvalue weighted by Gasteiger charge is -2.35. The summed E-state index contributed by atoms with van der Waals surface area (Å²) in [4.78, 5) is 2.38. The van der Waals surface area contributed by atoms with E-state index in [1.54, 1.807) is 0 Å². The molecule has 0 bridgehead atoms. The Bertz CT molecular complexity index is 3000. The van der Waals surface area contributed by atoms with Crippen LogP contribution in [0.5, 0.6) is 0 Å². The normalized spacial score (nSPS) is 12.7. The monoisotopic (exact) mass is 727 g/mol. The van der Waals surface area contributed by atoms with E-state index < -0.39 is 5.41 Å². The van der Waals surface area contributed by atoms with Crippen LogP contribution in [0.15, 0.2) is 229 Å². The predicted molar refractivity (Wildman–Crippen MR) is 237 cm³/mol. The molecule has 9 aromatic carbocycles. The Labute approximate surface area is 332 Å². The quantitative estimate of drug-likeness (QED) is 0.163. The molecular formula is C55H37NO. The standard InChI is InChI=1S/C55H37NO/c1-5-16-38(17-6-1)39-28-30-43(31-29-39)56(45-32-34-48-47-24-13-14-27-52(47)57-53(48)37-45)44-33-35-49-51(36-44)55(41-20-9-3-10-21-41,42-22-11-4-12-23-42)50-26-15-25-46(54(49)50)40-18-7-2-8-19-40/h1-37H. The van der Waals surface area contributed by atoms with Crippen molar-refractivity contribution in [2.75, 3.05) is 4.90 Å². The third kappa shape index (κ3) is 5.26. The summed E-state index contributed by atoms with van der Waals surface area (Å²) in [6.45, 7) is 0. The summed E-state index contributed by atoms with van der Waals surface area (Å²) >= 11 is 0. The van der Waals surface area contributed by atoms with Crippen molar-refractivity contribution >= 4 is 39.0 Å². The highest BCUT2D eigenvalue weighted by molar-refractivity contribution is 6.06. The largest absolute Gasteiger partial charge is 0.456 e. The molecule has 1 heterocycles. The first-order chi connectivity index (χ1) is 28.3. The number of anilines is 3. The van der Waals surface area contributed by atoms with E-state index in [0.29, 0.717) is 0 Å². The molecule has 2 heteroatoms. The third-order valence-electron chi connectivity index (χ3n) is 11.8. The SMILES string of the molecule is c1ccc(-c2ccc(N(c3ccc4c(c3)C(c3ccccc3)(c3ccccc3)c3cccc(-c5ccccc5)c3-4)c3ccc4c(c3)oc3ccccc34)cc2)cc1. The van der Waals surface area contributed by atoms with Gasteiger partial charge in [-0.05, 0) is 98.1 Å². The first-order valence-electron chi connectivity index (χ1n) is 19.6. The molecule has 57 heavy (non-hydrogen) atoms.